The van der Waals surface area contributed by atoms with Crippen molar-refractivity contribution < 1.29 is 23.5 Å². The van der Waals surface area contributed by atoms with Crippen LogP contribution in [0.3, 0.4) is 0 Å². The molecule has 0 N–H and O–H groups in total. The predicted molar refractivity (Wildman–Crippen MR) is 101 cm³/mol. The molecule has 0 bridgehead atoms. The number of hydrogen-bond donors (Lipinski definition) is 0. The van der Waals surface area contributed by atoms with Gasteiger partial charge in [0.05, 0.1) is 11.6 Å². The number of ether oxygens (including phenoxy) is 1. The summed E-state index contributed by atoms with van der Waals surface area (Å²) in [5, 5.41) is 0. The van der Waals surface area contributed by atoms with Gasteiger partial charge in [-0.1, -0.05) is 12.1 Å². The Morgan fingerprint density at radius 2 is 1.68 bits per heavy atom. The van der Waals surface area contributed by atoms with E-state index in [1.165, 1.54) is 11.0 Å². The number of halogens is 1. The Balaban J connectivity index is 1.57. The van der Waals surface area contributed by atoms with Crippen LogP contribution in [0.25, 0.3) is 0 Å². The second kappa shape index (κ2) is 7.77. The summed E-state index contributed by atoms with van der Waals surface area (Å²) in [6.07, 6.45) is -0.319. The second-order valence-electron chi connectivity index (χ2n) is 8.15. The van der Waals surface area contributed by atoms with Gasteiger partial charge in [0.2, 0.25) is 11.8 Å². The number of carbonyl (C=O) groups is 3. The number of benzene rings is 1. The SMILES string of the molecule is CC(C)(C)OC(=O)N1CCN(C(=O)C2CC(=O)N(c3ccccc3F)C2)CC1. The fourth-order valence-corrected chi connectivity index (χ4v) is 3.47. The molecule has 1 unspecified atom stereocenters. The lowest BCUT2D eigenvalue weighted by Gasteiger charge is -2.36. The molecule has 7 nitrogen and oxygen atoms in total. The van der Waals surface area contributed by atoms with Crippen molar-refractivity contribution in [3.05, 3.63) is 30.1 Å². The van der Waals surface area contributed by atoms with E-state index in [9.17, 15) is 18.8 Å². The van der Waals surface area contributed by atoms with Crippen molar-refractivity contribution in [2.75, 3.05) is 37.6 Å². The van der Waals surface area contributed by atoms with Gasteiger partial charge >= 0.3 is 6.09 Å². The summed E-state index contributed by atoms with van der Waals surface area (Å²) in [7, 11) is 0. The Morgan fingerprint density at radius 3 is 2.29 bits per heavy atom. The molecule has 0 radical (unpaired) electrons. The molecule has 0 aliphatic carbocycles. The van der Waals surface area contributed by atoms with Crippen LogP contribution < -0.4 is 4.90 Å². The van der Waals surface area contributed by atoms with Gasteiger partial charge in [-0.2, -0.15) is 0 Å². The standard InChI is InChI=1S/C20H26FN3O4/c1-20(2,3)28-19(27)23-10-8-22(9-11-23)18(26)14-12-17(25)24(13-14)16-7-5-4-6-15(16)21/h4-7,14H,8-13H2,1-3H3. The molecule has 0 spiro atoms. The van der Waals surface area contributed by atoms with Gasteiger partial charge in [-0.25, -0.2) is 9.18 Å². The molecular formula is C20H26FN3O4. The monoisotopic (exact) mass is 391 g/mol. The van der Waals surface area contributed by atoms with E-state index in [1.54, 1.807) is 28.0 Å². The number of carbonyl (C=O) groups excluding carboxylic acids is 3. The topological polar surface area (TPSA) is 70.2 Å². The van der Waals surface area contributed by atoms with Gasteiger partial charge < -0.3 is 19.4 Å². The van der Waals surface area contributed by atoms with Crippen LogP contribution in [0.1, 0.15) is 27.2 Å². The first-order valence-corrected chi connectivity index (χ1v) is 9.47. The third kappa shape index (κ3) is 4.43. The summed E-state index contributed by atoms with van der Waals surface area (Å²) < 4.78 is 19.4. The Hall–Kier alpha value is -2.64. The summed E-state index contributed by atoms with van der Waals surface area (Å²) in [5.41, 5.74) is -0.359. The van der Waals surface area contributed by atoms with Gasteiger partial charge in [0.1, 0.15) is 11.4 Å². The number of nitrogens with zero attached hydrogens (tertiary/aromatic N) is 3. The molecule has 1 aromatic rings. The fraction of sp³-hybridized carbons (Fsp3) is 0.550. The lowest BCUT2D eigenvalue weighted by molar-refractivity contribution is -0.137. The molecule has 2 fully saturated rings. The maximum absolute atomic E-state index is 14.0. The minimum absolute atomic E-state index is 0.0689. The number of amides is 3. The lowest BCUT2D eigenvalue weighted by Crippen LogP contribution is -2.53. The summed E-state index contributed by atoms with van der Waals surface area (Å²) in [6.45, 7) is 7.15. The van der Waals surface area contributed by atoms with E-state index in [1.807, 2.05) is 20.8 Å². The van der Waals surface area contributed by atoms with Gasteiger partial charge in [0.15, 0.2) is 0 Å². The van der Waals surface area contributed by atoms with E-state index in [0.29, 0.717) is 26.2 Å². The number of rotatable bonds is 2. The van der Waals surface area contributed by atoms with Crippen molar-refractivity contribution in [2.24, 2.45) is 5.92 Å². The van der Waals surface area contributed by atoms with Gasteiger partial charge in [-0.15, -0.1) is 0 Å². The highest BCUT2D eigenvalue weighted by atomic mass is 19.1. The van der Waals surface area contributed by atoms with Crippen molar-refractivity contribution in [1.29, 1.82) is 0 Å². The molecule has 2 aliphatic heterocycles. The van der Waals surface area contributed by atoms with E-state index < -0.39 is 17.3 Å². The quantitative estimate of drug-likeness (QED) is 0.775. The zero-order chi connectivity index (χ0) is 20.5. The van der Waals surface area contributed by atoms with E-state index in [-0.39, 0.29) is 36.6 Å². The van der Waals surface area contributed by atoms with Crippen LogP contribution in [0, 0.1) is 11.7 Å². The van der Waals surface area contributed by atoms with Crippen molar-refractivity contribution in [3.63, 3.8) is 0 Å². The zero-order valence-corrected chi connectivity index (χ0v) is 16.5. The normalized spacial score (nSPS) is 20.5. The molecule has 0 aromatic heterocycles. The molecule has 3 amide bonds. The Kier molecular flexibility index (Phi) is 5.58. The largest absolute Gasteiger partial charge is 0.444 e. The zero-order valence-electron chi connectivity index (χ0n) is 16.5. The summed E-state index contributed by atoms with van der Waals surface area (Å²) in [5.74, 6) is -1.36. The van der Waals surface area contributed by atoms with E-state index in [0.717, 1.165) is 0 Å². The van der Waals surface area contributed by atoms with Crippen LogP contribution in [0.2, 0.25) is 0 Å². The van der Waals surface area contributed by atoms with Crippen LogP contribution in [-0.4, -0.2) is 66.0 Å². The van der Waals surface area contributed by atoms with Crippen molar-refractivity contribution in [3.8, 4) is 0 Å². The van der Waals surface area contributed by atoms with Crippen LogP contribution in [0.4, 0.5) is 14.9 Å². The highest BCUT2D eigenvalue weighted by molar-refractivity contribution is 6.00. The number of piperazine rings is 1. The number of anilines is 1. The Bertz CT molecular complexity index is 769. The molecule has 28 heavy (non-hydrogen) atoms. The van der Waals surface area contributed by atoms with Crippen LogP contribution in [0.5, 0.6) is 0 Å². The van der Waals surface area contributed by atoms with Gasteiger partial charge in [0.25, 0.3) is 0 Å². The van der Waals surface area contributed by atoms with E-state index >= 15 is 0 Å². The third-order valence-electron chi connectivity index (χ3n) is 4.86. The first-order chi connectivity index (χ1) is 13.2. The number of para-hydroxylation sites is 1. The molecule has 0 saturated carbocycles. The molecule has 8 heteroatoms. The minimum atomic E-state index is -0.565. The summed E-state index contributed by atoms with van der Waals surface area (Å²) in [4.78, 5) is 41.9. The van der Waals surface area contributed by atoms with Gasteiger partial charge in [0, 0.05) is 39.1 Å². The average molecular weight is 391 g/mol. The molecule has 3 rings (SSSR count). The Labute approximate surface area is 164 Å². The molecule has 152 valence electrons. The van der Waals surface area contributed by atoms with Crippen LogP contribution in [-0.2, 0) is 14.3 Å². The number of hydrogen-bond acceptors (Lipinski definition) is 4. The average Bonchev–Trinajstić information content (AvgIpc) is 3.02. The Morgan fingerprint density at radius 1 is 1.07 bits per heavy atom. The molecular weight excluding hydrogens is 365 g/mol. The molecule has 2 aliphatic rings. The van der Waals surface area contributed by atoms with E-state index in [4.69, 9.17) is 4.74 Å². The van der Waals surface area contributed by atoms with Crippen LogP contribution in [0.15, 0.2) is 24.3 Å². The highest BCUT2D eigenvalue weighted by Gasteiger charge is 2.39. The van der Waals surface area contributed by atoms with Crippen molar-refractivity contribution in [2.45, 2.75) is 32.8 Å². The maximum Gasteiger partial charge on any atom is 0.410 e. The summed E-state index contributed by atoms with van der Waals surface area (Å²) >= 11 is 0. The lowest BCUT2D eigenvalue weighted by atomic mass is 10.1. The molecule has 2 saturated heterocycles. The van der Waals surface area contributed by atoms with Gasteiger partial charge in [-0.3, -0.25) is 9.59 Å². The smallest absolute Gasteiger partial charge is 0.410 e. The predicted octanol–water partition coefficient (Wildman–Crippen LogP) is 2.26. The first kappa shape index (κ1) is 20.1. The summed E-state index contributed by atoms with van der Waals surface area (Å²) in [6, 6.07) is 6.07. The maximum atomic E-state index is 14.0. The first-order valence-electron chi connectivity index (χ1n) is 9.47. The van der Waals surface area contributed by atoms with Crippen molar-refractivity contribution >= 4 is 23.6 Å². The minimum Gasteiger partial charge on any atom is -0.444 e. The van der Waals surface area contributed by atoms with Gasteiger partial charge in [-0.05, 0) is 32.9 Å². The van der Waals surface area contributed by atoms with Crippen LogP contribution >= 0.6 is 0 Å². The van der Waals surface area contributed by atoms with E-state index in [2.05, 4.69) is 0 Å². The second-order valence-corrected chi connectivity index (χ2v) is 8.15. The molecule has 1 aromatic carbocycles. The fourth-order valence-electron chi connectivity index (χ4n) is 3.47. The highest BCUT2D eigenvalue weighted by Crippen LogP contribution is 2.28. The molecule has 1 atom stereocenters. The molecule has 2 heterocycles. The third-order valence-corrected chi connectivity index (χ3v) is 4.86. The van der Waals surface area contributed by atoms with Crippen molar-refractivity contribution in [1.82, 2.24) is 9.80 Å².